The van der Waals surface area contributed by atoms with Crippen LogP contribution >= 0.6 is 11.3 Å². The third-order valence-electron chi connectivity index (χ3n) is 4.27. The molecular formula is C20H19ClN2OS. The van der Waals surface area contributed by atoms with Crippen LogP contribution in [0, 0.1) is 6.92 Å². The molecule has 25 heavy (non-hydrogen) atoms. The summed E-state index contributed by atoms with van der Waals surface area (Å²) in [5.74, 6) is 1.76. The van der Waals surface area contributed by atoms with Gasteiger partial charge in [0.1, 0.15) is 11.7 Å². The summed E-state index contributed by atoms with van der Waals surface area (Å²) in [5.41, 5.74) is 3.60. The lowest BCUT2D eigenvalue weighted by Gasteiger charge is -2.10. The molecule has 128 valence electrons. The molecule has 3 aromatic rings. The summed E-state index contributed by atoms with van der Waals surface area (Å²) in [7, 11) is 4.13. The molecule has 0 unspecified atom stereocenters. The van der Waals surface area contributed by atoms with E-state index in [0.29, 0.717) is 0 Å². The van der Waals surface area contributed by atoms with Crippen molar-refractivity contribution in [2.75, 3.05) is 11.9 Å². The summed E-state index contributed by atoms with van der Waals surface area (Å²) in [6, 6.07) is 14.7. The Hall–Kier alpha value is -2.30. The van der Waals surface area contributed by atoms with Gasteiger partial charge in [0, 0.05) is 19.2 Å². The van der Waals surface area contributed by atoms with E-state index < -0.39 is 0 Å². The standard InChI is InChI=1S/C20H19N2OS.ClH/c1-14-11-12-17-16(13-14)21(2)19(23-17)9-6-10-20-22(3)15-7-4-5-8-18(15)24-20;/h4-13H,1-3H3;1H/q+1;/p-1. The number of benzene rings is 2. The van der Waals surface area contributed by atoms with Crippen molar-refractivity contribution in [3.05, 3.63) is 71.1 Å². The first kappa shape index (κ1) is 17.5. The van der Waals surface area contributed by atoms with Gasteiger partial charge in [0.25, 0.3) is 5.01 Å². The molecule has 2 heterocycles. The zero-order valence-corrected chi connectivity index (χ0v) is 15.9. The van der Waals surface area contributed by atoms with Crippen LogP contribution in [-0.2, 0) is 7.05 Å². The largest absolute Gasteiger partial charge is 1.00 e. The van der Waals surface area contributed by atoms with Gasteiger partial charge in [-0.2, -0.15) is 4.57 Å². The number of aromatic nitrogens is 1. The molecule has 0 fully saturated rings. The third kappa shape index (κ3) is 3.15. The third-order valence-corrected chi connectivity index (χ3v) is 5.45. The first-order valence-electron chi connectivity index (χ1n) is 7.91. The molecule has 0 atom stereocenters. The molecule has 1 aliphatic rings. The Bertz CT molecular complexity index is 991. The Morgan fingerprint density at radius 1 is 1.16 bits per heavy atom. The topological polar surface area (TPSA) is 16.4 Å². The average Bonchev–Trinajstić information content (AvgIpc) is 3.07. The Kier molecular flexibility index (Phi) is 4.84. The van der Waals surface area contributed by atoms with E-state index in [0.717, 1.165) is 17.3 Å². The second-order valence-electron chi connectivity index (χ2n) is 5.96. The Balaban J connectivity index is 0.00000182. The van der Waals surface area contributed by atoms with Crippen molar-refractivity contribution < 1.29 is 21.7 Å². The van der Waals surface area contributed by atoms with Crippen molar-refractivity contribution in [2.45, 2.75) is 6.92 Å². The summed E-state index contributed by atoms with van der Waals surface area (Å²) in [6.45, 7) is 2.09. The predicted molar refractivity (Wildman–Crippen MR) is 100 cm³/mol. The zero-order chi connectivity index (χ0) is 16.7. The molecule has 3 nitrogen and oxygen atoms in total. The van der Waals surface area contributed by atoms with Crippen LogP contribution in [0.25, 0.3) is 16.3 Å². The Morgan fingerprint density at radius 3 is 2.76 bits per heavy atom. The summed E-state index contributed by atoms with van der Waals surface area (Å²) in [5, 5.41) is 1.21. The van der Waals surface area contributed by atoms with Crippen molar-refractivity contribution in [3.63, 3.8) is 0 Å². The maximum absolute atomic E-state index is 5.93. The highest BCUT2D eigenvalue weighted by molar-refractivity contribution is 7.18. The van der Waals surface area contributed by atoms with Gasteiger partial charge in [-0.1, -0.05) is 29.5 Å². The quantitative estimate of drug-likeness (QED) is 0.634. The lowest BCUT2D eigenvalue weighted by atomic mass is 10.2. The fraction of sp³-hybridized carbons (Fsp3) is 0.150. The molecule has 0 spiro atoms. The van der Waals surface area contributed by atoms with E-state index in [1.165, 1.54) is 20.8 Å². The van der Waals surface area contributed by atoms with Crippen LogP contribution in [0.5, 0.6) is 5.75 Å². The van der Waals surface area contributed by atoms with Gasteiger partial charge in [-0.05, 0) is 42.8 Å². The Labute approximate surface area is 157 Å². The van der Waals surface area contributed by atoms with Crippen molar-refractivity contribution in [2.24, 2.45) is 7.05 Å². The highest BCUT2D eigenvalue weighted by Crippen LogP contribution is 2.38. The molecule has 0 saturated carbocycles. The van der Waals surface area contributed by atoms with Crippen molar-refractivity contribution in [3.8, 4) is 5.75 Å². The van der Waals surface area contributed by atoms with E-state index in [1.807, 2.05) is 19.2 Å². The van der Waals surface area contributed by atoms with E-state index in [2.05, 4.69) is 72.0 Å². The van der Waals surface area contributed by atoms with Crippen LogP contribution in [0.15, 0.2) is 60.5 Å². The molecule has 1 aliphatic heterocycles. The molecule has 0 N–H and O–H groups in total. The van der Waals surface area contributed by atoms with E-state index in [-0.39, 0.29) is 12.4 Å². The number of aryl methyl sites for hydroxylation is 2. The molecule has 0 amide bonds. The fourth-order valence-corrected chi connectivity index (χ4v) is 3.96. The van der Waals surface area contributed by atoms with Crippen LogP contribution in [0.1, 0.15) is 10.6 Å². The first-order chi connectivity index (χ1) is 11.6. The molecule has 5 heteroatoms. The summed E-state index contributed by atoms with van der Waals surface area (Å²) >= 11 is 1.79. The van der Waals surface area contributed by atoms with E-state index in [1.54, 1.807) is 11.3 Å². The summed E-state index contributed by atoms with van der Waals surface area (Å²) < 4.78 is 9.44. The molecular weight excluding hydrogens is 352 g/mol. The zero-order valence-electron chi connectivity index (χ0n) is 14.4. The van der Waals surface area contributed by atoms with Gasteiger partial charge in [-0.3, -0.25) is 0 Å². The number of allylic oxidation sites excluding steroid dienone is 2. The number of thiazole rings is 1. The highest BCUT2D eigenvalue weighted by atomic mass is 35.5. The van der Waals surface area contributed by atoms with Gasteiger partial charge in [0.2, 0.25) is 5.52 Å². The number of nitrogens with zero attached hydrogens (tertiary/aromatic N) is 2. The first-order valence-corrected chi connectivity index (χ1v) is 8.73. The minimum absolute atomic E-state index is 0. The van der Waals surface area contributed by atoms with Crippen molar-refractivity contribution in [1.82, 2.24) is 0 Å². The molecule has 0 saturated heterocycles. The van der Waals surface area contributed by atoms with E-state index in [9.17, 15) is 0 Å². The molecule has 0 bridgehead atoms. The van der Waals surface area contributed by atoms with Crippen molar-refractivity contribution >= 4 is 33.3 Å². The molecule has 0 radical (unpaired) electrons. The molecule has 0 aliphatic carbocycles. The predicted octanol–water partition coefficient (Wildman–Crippen LogP) is 1.42. The average molecular weight is 371 g/mol. The van der Waals surface area contributed by atoms with Gasteiger partial charge in [0.15, 0.2) is 11.6 Å². The second-order valence-corrected chi connectivity index (χ2v) is 7.03. The summed E-state index contributed by atoms with van der Waals surface area (Å²) in [4.78, 5) is 2.08. The SMILES string of the molecule is Cc1ccc2c(c1)N(C)/C(=C/C=C/c1sc3ccccc3[n+]1C)O2.[Cl-]. The number of fused-ring (bicyclic) bond motifs is 2. The van der Waals surface area contributed by atoms with Crippen LogP contribution < -0.4 is 26.6 Å². The smallest absolute Gasteiger partial charge is 0.262 e. The van der Waals surface area contributed by atoms with E-state index >= 15 is 0 Å². The maximum atomic E-state index is 5.93. The number of anilines is 1. The van der Waals surface area contributed by atoms with Crippen LogP contribution in [0.4, 0.5) is 5.69 Å². The minimum Gasteiger partial charge on any atom is -1.00 e. The van der Waals surface area contributed by atoms with Gasteiger partial charge >= 0.3 is 0 Å². The minimum atomic E-state index is 0. The number of rotatable bonds is 2. The van der Waals surface area contributed by atoms with Crippen molar-refractivity contribution in [1.29, 1.82) is 0 Å². The van der Waals surface area contributed by atoms with Gasteiger partial charge in [-0.25, -0.2) is 0 Å². The Morgan fingerprint density at radius 2 is 1.96 bits per heavy atom. The number of ether oxygens (including phenoxy) is 1. The lowest BCUT2D eigenvalue weighted by molar-refractivity contribution is -0.642. The summed E-state index contributed by atoms with van der Waals surface area (Å²) in [6.07, 6.45) is 6.19. The number of halogens is 1. The maximum Gasteiger partial charge on any atom is 0.262 e. The van der Waals surface area contributed by atoms with Crippen LogP contribution in [-0.4, -0.2) is 7.05 Å². The lowest BCUT2D eigenvalue weighted by Crippen LogP contribution is -3.00. The van der Waals surface area contributed by atoms with Crippen LogP contribution in [0.2, 0.25) is 0 Å². The number of para-hydroxylation sites is 1. The van der Waals surface area contributed by atoms with E-state index in [4.69, 9.17) is 4.74 Å². The fourth-order valence-electron chi connectivity index (χ4n) is 2.90. The van der Waals surface area contributed by atoms with Gasteiger partial charge in [-0.15, -0.1) is 0 Å². The molecule has 4 rings (SSSR count). The number of hydrogen-bond donors (Lipinski definition) is 0. The van der Waals surface area contributed by atoms with Gasteiger partial charge in [0.05, 0.1) is 5.69 Å². The highest BCUT2D eigenvalue weighted by Gasteiger charge is 2.22. The monoisotopic (exact) mass is 370 g/mol. The van der Waals surface area contributed by atoms with Crippen LogP contribution in [0.3, 0.4) is 0 Å². The molecule has 1 aromatic heterocycles. The second kappa shape index (κ2) is 6.90. The molecule has 2 aromatic carbocycles. The van der Waals surface area contributed by atoms with Gasteiger partial charge < -0.3 is 22.0 Å². The number of hydrogen-bond acceptors (Lipinski definition) is 3. The normalized spacial score (nSPS) is 14.8.